The lowest BCUT2D eigenvalue weighted by Crippen LogP contribution is -2.60. The first-order chi connectivity index (χ1) is 11.3. The molecule has 1 aromatic carbocycles. The van der Waals surface area contributed by atoms with Crippen LogP contribution in [0.3, 0.4) is 0 Å². The predicted molar refractivity (Wildman–Crippen MR) is 92.7 cm³/mol. The van der Waals surface area contributed by atoms with Gasteiger partial charge in [0.2, 0.25) is 5.91 Å². The molecule has 0 bridgehead atoms. The van der Waals surface area contributed by atoms with Gasteiger partial charge in [0.15, 0.2) is 0 Å². The Balaban J connectivity index is 1.96. The molecule has 132 valence electrons. The zero-order valence-corrected chi connectivity index (χ0v) is 15.3. The maximum atomic E-state index is 12.6. The van der Waals surface area contributed by atoms with Gasteiger partial charge in [-0.3, -0.25) is 4.79 Å². The van der Waals surface area contributed by atoms with Gasteiger partial charge in [0.05, 0.1) is 12.6 Å². The molecule has 1 atom stereocenters. The van der Waals surface area contributed by atoms with E-state index in [0.29, 0.717) is 26.1 Å². The minimum Gasteiger partial charge on any atom is -0.332 e. The van der Waals surface area contributed by atoms with E-state index in [2.05, 4.69) is 24.6 Å². The first-order valence-electron chi connectivity index (χ1n) is 8.40. The Kier molecular flexibility index (Phi) is 4.44. The van der Waals surface area contributed by atoms with Crippen LogP contribution < -0.4 is 4.72 Å². The van der Waals surface area contributed by atoms with Crippen molar-refractivity contribution in [3.8, 4) is 0 Å². The predicted octanol–water partition coefficient (Wildman–Crippen LogP) is 1.41. The van der Waals surface area contributed by atoms with Crippen molar-refractivity contribution in [1.82, 2.24) is 13.9 Å². The lowest BCUT2D eigenvalue weighted by molar-refractivity contribution is -0.139. The highest BCUT2D eigenvalue weighted by atomic mass is 32.2. The maximum Gasteiger partial charge on any atom is 0.280 e. The van der Waals surface area contributed by atoms with Crippen LogP contribution in [0, 0.1) is 0 Å². The summed E-state index contributed by atoms with van der Waals surface area (Å²) < 4.78 is 28.7. The third kappa shape index (κ3) is 2.96. The monoisotopic (exact) mass is 351 g/mol. The molecule has 2 heterocycles. The summed E-state index contributed by atoms with van der Waals surface area (Å²) in [5, 5.41) is 0. The summed E-state index contributed by atoms with van der Waals surface area (Å²) in [4.78, 5) is 14.5. The van der Waals surface area contributed by atoms with Gasteiger partial charge in [0.1, 0.15) is 0 Å². The van der Waals surface area contributed by atoms with E-state index in [1.165, 1.54) is 9.87 Å². The van der Waals surface area contributed by atoms with E-state index in [-0.39, 0.29) is 23.9 Å². The van der Waals surface area contributed by atoms with Crippen LogP contribution in [0.15, 0.2) is 24.3 Å². The van der Waals surface area contributed by atoms with Gasteiger partial charge in [-0.05, 0) is 17.5 Å². The Labute approximate surface area is 144 Å². The van der Waals surface area contributed by atoms with Gasteiger partial charge in [0.25, 0.3) is 10.2 Å². The van der Waals surface area contributed by atoms with Crippen molar-refractivity contribution in [2.45, 2.75) is 38.6 Å². The second-order valence-electron chi connectivity index (χ2n) is 7.20. The first-order valence-corrected chi connectivity index (χ1v) is 9.84. The number of amides is 1. The normalized spacial score (nSPS) is 23.7. The van der Waals surface area contributed by atoms with Gasteiger partial charge < -0.3 is 4.90 Å². The van der Waals surface area contributed by atoms with Crippen LogP contribution in [0.2, 0.25) is 0 Å². The van der Waals surface area contributed by atoms with Crippen LogP contribution in [-0.2, 0) is 20.4 Å². The second kappa shape index (κ2) is 6.13. The van der Waals surface area contributed by atoms with Crippen molar-refractivity contribution < 1.29 is 13.2 Å². The fourth-order valence-electron chi connectivity index (χ4n) is 3.66. The fraction of sp³-hybridized carbons (Fsp3) is 0.588. The summed E-state index contributed by atoms with van der Waals surface area (Å²) in [5.41, 5.74) is 2.11. The average Bonchev–Trinajstić information content (AvgIpc) is 2.54. The van der Waals surface area contributed by atoms with Gasteiger partial charge in [-0.1, -0.05) is 45.0 Å². The van der Waals surface area contributed by atoms with Crippen molar-refractivity contribution in [3.05, 3.63) is 35.4 Å². The molecule has 1 N–H and O–H groups in total. The Bertz CT molecular complexity index is 745. The van der Waals surface area contributed by atoms with Crippen molar-refractivity contribution in [1.29, 1.82) is 0 Å². The van der Waals surface area contributed by atoms with E-state index in [9.17, 15) is 13.2 Å². The summed E-state index contributed by atoms with van der Waals surface area (Å²) in [6, 6.07) is 7.83. The molecule has 6 nitrogen and oxygen atoms in total. The van der Waals surface area contributed by atoms with Gasteiger partial charge in [-0.15, -0.1) is 0 Å². The lowest BCUT2D eigenvalue weighted by atomic mass is 9.75. The molecule has 0 radical (unpaired) electrons. The Hall–Kier alpha value is -1.44. The van der Waals surface area contributed by atoms with Crippen molar-refractivity contribution in [2.75, 3.05) is 26.2 Å². The van der Waals surface area contributed by atoms with E-state index in [0.717, 1.165) is 5.56 Å². The number of benzene rings is 1. The number of carbonyl (C=O) groups is 1. The molecule has 2 aliphatic heterocycles. The molecule has 3 rings (SSSR count). The fourth-order valence-corrected chi connectivity index (χ4v) is 4.92. The number of fused-ring (bicyclic) bond motifs is 3. The third-order valence-corrected chi connectivity index (χ3v) is 6.40. The number of carbonyl (C=O) groups excluding carboxylic acids is 1. The molecule has 1 unspecified atom stereocenters. The van der Waals surface area contributed by atoms with Crippen molar-refractivity contribution in [3.63, 3.8) is 0 Å². The molecule has 7 heteroatoms. The smallest absolute Gasteiger partial charge is 0.280 e. The van der Waals surface area contributed by atoms with Crippen LogP contribution in [0.1, 0.15) is 44.4 Å². The van der Waals surface area contributed by atoms with Crippen molar-refractivity contribution >= 4 is 16.1 Å². The standard InChI is InChI=1S/C17H25N3O3S/c1-4-9-18-24(22,23)19-10-15-13-7-5-6-8-14(13)17(2,3)12-20(15)16(21)11-19/h5-8,15,18H,4,9-12H2,1-3H3. The highest BCUT2D eigenvalue weighted by Crippen LogP contribution is 2.41. The average molecular weight is 351 g/mol. The Morgan fingerprint density at radius 3 is 2.71 bits per heavy atom. The van der Waals surface area contributed by atoms with Crippen molar-refractivity contribution in [2.24, 2.45) is 0 Å². The summed E-state index contributed by atoms with van der Waals surface area (Å²) in [6.45, 7) is 7.37. The minimum absolute atomic E-state index is 0.0895. The zero-order valence-electron chi connectivity index (χ0n) is 14.4. The lowest BCUT2D eigenvalue weighted by Gasteiger charge is -2.49. The van der Waals surface area contributed by atoms with Gasteiger partial charge in [-0.25, -0.2) is 4.72 Å². The molecule has 1 fully saturated rings. The van der Waals surface area contributed by atoms with Gasteiger partial charge in [-0.2, -0.15) is 12.7 Å². The Morgan fingerprint density at radius 2 is 2.00 bits per heavy atom. The van der Waals surface area contributed by atoms with E-state index < -0.39 is 10.2 Å². The van der Waals surface area contributed by atoms with Gasteiger partial charge in [0, 0.05) is 25.0 Å². The number of rotatable bonds is 4. The summed E-state index contributed by atoms with van der Waals surface area (Å²) in [7, 11) is -3.62. The highest BCUT2D eigenvalue weighted by Gasteiger charge is 2.45. The Morgan fingerprint density at radius 1 is 1.29 bits per heavy atom. The number of nitrogens with zero attached hydrogens (tertiary/aromatic N) is 2. The molecule has 1 amide bonds. The summed E-state index contributed by atoms with van der Waals surface area (Å²) >= 11 is 0. The van der Waals surface area contributed by atoms with E-state index >= 15 is 0 Å². The molecule has 0 spiro atoms. The molecule has 2 aliphatic rings. The number of nitrogens with one attached hydrogen (secondary N) is 1. The number of piperazine rings is 1. The number of hydrogen-bond donors (Lipinski definition) is 1. The summed E-state index contributed by atoms with van der Waals surface area (Å²) in [5.74, 6) is -0.129. The molecular weight excluding hydrogens is 326 g/mol. The molecule has 24 heavy (non-hydrogen) atoms. The SMILES string of the molecule is CCCNS(=O)(=O)N1CC(=O)N2CC(C)(C)c3ccccc3C2C1. The zero-order chi connectivity index (χ0) is 17.5. The van der Waals surface area contributed by atoms with Gasteiger partial charge >= 0.3 is 0 Å². The number of hydrogen-bond acceptors (Lipinski definition) is 3. The maximum absolute atomic E-state index is 12.6. The molecular formula is C17H25N3O3S. The van der Waals surface area contributed by atoms with E-state index in [1.54, 1.807) is 0 Å². The molecule has 1 saturated heterocycles. The minimum atomic E-state index is -3.62. The summed E-state index contributed by atoms with van der Waals surface area (Å²) in [6.07, 6.45) is 0.716. The molecule has 0 aliphatic carbocycles. The quantitative estimate of drug-likeness (QED) is 0.892. The largest absolute Gasteiger partial charge is 0.332 e. The molecule has 1 aromatic rings. The van der Waals surface area contributed by atoms with Crippen LogP contribution >= 0.6 is 0 Å². The van der Waals surface area contributed by atoms with Crippen LogP contribution in [0.4, 0.5) is 0 Å². The van der Waals surface area contributed by atoms with Crippen LogP contribution in [-0.4, -0.2) is 49.7 Å². The molecule has 0 saturated carbocycles. The van der Waals surface area contributed by atoms with E-state index in [1.807, 2.05) is 30.0 Å². The second-order valence-corrected chi connectivity index (χ2v) is 8.96. The molecule has 0 aromatic heterocycles. The van der Waals surface area contributed by atoms with Crippen LogP contribution in [0.5, 0.6) is 0 Å². The first kappa shape index (κ1) is 17.4. The highest BCUT2D eigenvalue weighted by molar-refractivity contribution is 7.87. The van der Waals surface area contributed by atoms with E-state index in [4.69, 9.17) is 0 Å². The van der Waals surface area contributed by atoms with Crippen LogP contribution in [0.25, 0.3) is 0 Å². The third-order valence-electron chi connectivity index (χ3n) is 4.87. The topological polar surface area (TPSA) is 69.7 Å².